The fourth-order valence-corrected chi connectivity index (χ4v) is 2.11. The predicted octanol–water partition coefficient (Wildman–Crippen LogP) is 2.68. The van der Waals surface area contributed by atoms with E-state index in [4.69, 9.17) is 28.5 Å². The van der Waals surface area contributed by atoms with Crippen molar-refractivity contribution in [1.29, 1.82) is 0 Å². The average molecular weight is 322 g/mol. The molecule has 126 valence electrons. The van der Waals surface area contributed by atoms with Crippen LogP contribution in [-0.2, 0) is 19.1 Å². The summed E-state index contributed by atoms with van der Waals surface area (Å²) < 4.78 is 22.1. The molecular formula is C17H22O6. The summed E-state index contributed by atoms with van der Waals surface area (Å²) in [5.74, 6) is 1.42. The molecule has 2 rings (SSSR count). The van der Waals surface area contributed by atoms with Gasteiger partial charge in [0.15, 0.2) is 17.8 Å². The van der Waals surface area contributed by atoms with E-state index in [9.17, 15) is 0 Å². The van der Waals surface area contributed by atoms with Gasteiger partial charge in [-0.1, -0.05) is 18.7 Å². The number of methoxy groups -OCH3 is 1. The maximum absolute atomic E-state index is 8.12. The molecule has 1 aliphatic rings. The molecule has 0 radical (unpaired) electrons. The number of benzene rings is 1. The molecule has 6 heteroatoms. The molecule has 0 aromatic heterocycles. The molecule has 0 spiro atoms. The molecule has 0 aliphatic carbocycles. The Morgan fingerprint density at radius 3 is 2.70 bits per heavy atom. The molecule has 1 aromatic carbocycles. The van der Waals surface area contributed by atoms with Crippen molar-refractivity contribution < 1.29 is 28.5 Å². The lowest BCUT2D eigenvalue weighted by atomic mass is 10.2. The lowest BCUT2D eigenvalue weighted by Gasteiger charge is -2.22. The van der Waals surface area contributed by atoms with Crippen LogP contribution in [-0.4, -0.2) is 39.4 Å². The van der Waals surface area contributed by atoms with Gasteiger partial charge >= 0.3 is 6.15 Å². The molecule has 6 nitrogen and oxygen atoms in total. The summed E-state index contributed by atoms with van der Waals surface area (Å²) in [5.41, 5.74) is 0.998. The highest BCUT2D eigenvalue weighted by molar-refractivity contribution is 5.54. The molecule has 1 atom stereocenters. The van der Waals surface area contributed by atoms with Gasteiger partial charge in [0.2, 0.25) is 0 Å². The zero-order valence-corrected chi connectivity index (χ0v) is 13.3. The average Bonchev–Trinajstić information content (AvgIpc) is 2.60. The zero-order valence-electron chi connectivity index (χ0n) is 13.3. The van der Waals surface area contributed by atoms with Crippen LogP contribution in [0.5, 0.6) is 11.5 Å². The van der Waals surface area contributed by atoms with Gasteiger partial charge in [0.1, 0.15) is 6.61 Å². The van der Waals surface area contributed by atoms with Gasteiger partial charge in [-0.3, -0.25) is 0 Å². The van der Waals surface area contributed by atoms with Crippen LogP contribution >= 0.6 is 0 Å². The van der Waals surface area contributed by atoms with Crippen molar-refractivity contribution in [2.75, 3.05) is 26.9 Å². The number of rotatable bonds is 7. The van der Waals surface area contributed by atoms with Gasteiger partial charge < -0.3 is 18.9 Å². The monoisotopic (exact) mass is 322 g/mol. The first-order chi connectivity index (χ1) is 11.2. The third-order valence-corrected chi connectivity index (χ3v) is 3.21. The molecule has 1 fully saturated rings. The molecule has 0 amide bonds. The first kappa shape index (κ1) is 18.9. The van der Waals surface area contributed by atoms with Crippen molar-refractivity contribution in [1.82, 2.24) is 0 Å². The molecule has 1 aliphatic heterocycles. The SMILES string of the molecule is C=Cc1ccc(OC)c(OCCOC2CCCCO2)c1.O=C=O. The topological polar surface area (TPSA) is 71.1 Å². The number of carbonyl (C=O) groups excluding carboxylic acids is 2. The minimum Gasteiger partial charge on any atom is -0.493 e. The largest absolute Gasteiger partial charge is 0.493 e. The van der Waals surface area contributed by atoms with Gasteiger partial charge in [-0.15, -0.1) is 0 Å². The molecule has 1 unspecified atom stereocenters. The summed E-state index contributed by atoms with van der Waals surface area (Å²) in [6.07, 6.45) is 5.21. The third-order valence-electron chi connectivity index (χ3n) is 3.21. The van der Waals surface area contributed by atoms with Gasteiger partial charge in [0.25, 0.3) is 0 Å². The lowest BCUT2D eigenvalue weighted by Crippen LogP contribution is -2.24. The van der Waals surface area contributed by atoms with Crippen LogP contribution in [0.25, 0.3) is 6.08 Å². The Bertz CT molecular complexity index is 502. The zero-order chi connectivity index (χ0) is 16.9. The molecule has 1 saturated heterocycles. The van der Waals surface area contributed by atoms with Crippen molar-refractivity contribution in [2.45, 2.75) is 25.6 Å². The van der Waals surface area contributed by atoms with Crippen molar-refractivity contribution >= 4 is 12.2 Å². The van der Waals surface area contributed by atoms with E-state index < -0.39 is 0 Å². The van der Waals surface area contributed by atoms with Crippen LogP contribution in [0.2, 0.25) is 0 Å². The minimum atomic E-state index is -0.0752. The summed E-state index contributed by atoms with van der Waals surface area (Å²) in [6, 6.07) is 5.71. The Hall–Kier alpha value is -2.14. The highest BCUT2D eigenvalue weighted by atomic mass is 16.7. The minimum absolute atomic E-state index is 0.0752. The quantitative estimate of drug-likeness (QED) is 0.719. The van der Waals surface area contributed by atoms with E-state index in [-0.39, 0.29) is 12.4 Å². The summed E-state index contributed by atoms with van der Waals surface area (Å²) in [6.45, 7) is 5.52. The van der Waals surface area contributed by atoms with Crippen LogP contribution in [0.4, 0.5) is 0 Å². The highest BCUT2D eigenvalue weighted by Crippen LogP contribution is 2.28. The fourth-order valence-electron chi connectivity index (χ4n) is 2.11. The van der Waals surface area contributed by atoms with Gasteiger partial charge in [-0.25, -0.2) is 0 Å². The maximum atomic E-state index is 8.12. The molecule has 0 saturated carbocycles. The van der Waals surface area contributed by atoms with Gasteiger partial charge in [0, 0.05) is 6.61 Å². The second-order valence-corrected chi connectivity index (χ2v) is 4.71. The highest BCUT2D eigenvalue weighted by Gasteiger charge is 2.13. The van der Waals surface area contributed by atoms with Crippen LogP contribution < -0.4 is 9.47 Å². The van der Waals surface area contributed by atoms with Crippen molar-refractivity contribution in [2.24, 2.45) is 0 Å². The number of hydrogen-bond donors (Lipinski definition) is 0. The van der Waals surface area contributed by atoms with Gasteiger partial charge in [0.05, 0.1) is 13.7 Å². The molecule has 1 heterocycles. The Morgan fingerprint density at radius 1 is 1.30 bits per heavy atom. The molecular weight excluding hydrogens is 300 g/mol. The van der Waals surface area contributed by atoms with E-state index in [1.807, 2.05) is 18.2 Å². The normalized spacial score (nSPS) is 16.5. The lowest BCUT2D eigenvalue weighted by molar-refractivity contribution is -0.191. The van der Waals surface area contributed by atoms with Gasteiger partial charge in [-0.2, -0.15) is 9.59 Å². The van der Waals surface area contributed by atoms with E-state index in [2.05, 4.69) is 6.58 Å². The summed E-state index contributed by atoms with van der Waals surface area (Å²) in [7, 11) is 1.63. The number of ether oxygens (including phenoxy) is 4. The van der Waals surface area contributed by atoms with Crippen LogP contribution in [0, 0.1) is 0 Å². The van der Waals surface area contributed by atoms with E-state index >= 15 is 0 Å². The number of hydrogen-bond acceptors (Lipinski definition) is 6. The summed E-state index contributed by atoms with van der Waals surface area (Å²) in [4.78, 5) is 16.2. The first-order valence-corrected chi connectivity index (χ1v) is 7.41. The Morgan fingerprint density at radius 2 is 2.09 bits per heavy atom. The molecule has 0 N–H and O–H groups in total. The van der Waals surface area contributed by atoms with Crippen LogP contribution in [0.1, 0.15) is 24.8 Å². The van der Waals surface area contributed by atoms with Crippen molar-refractivity contribution in [3.8, 4) is 11.5 Å². The predicted molar refractivity (Wildman–Crippen MR) is 83.1 cm³/mol. The smallest absolute Gasteiger partial charge is 0.373 e. The summed E-state index contributed by atoms with van der Waals surface area (Å²) >= 11 is 0. The first-order valence-electron chi connectivity index (χ1n) is 7.41. The van der Waals surface area contributed by atoms with E-state index in [0.717, 1.165) is 25.0 Å². The molecule has 1 aromatic rings. The Balaban J connectivity index is 0.000000816. The van der Waals surface area contributed by atoms with Crippen molar-refractivity contribution in [3.63, 3.8) is 0 Å². The van der Waals surface area contributed by atoms with Gasteiger partial charge in [-0.05, 0) is 37.0 Å². The summed E-state index contributed by atoms with van der Waals surface area (Å²) in [5, 5.41) is 0. The van der Waals surface area contributed by atoms with Crippen molar-refractivity contribution in [3.05, 3.63) is 30.3 Å². The van der Waals surface area contributed by atoms with Crippen LogP contribution in [0.3, 0.4) is 0 Å². The third kappa shape index (κ3) is 7.10. The van der Waals surface area contributed by atoms with E-state index in [1.165, 1.54) is 6.42 Å². The molecule has 23 heavy (non-hydrogen) atoms. The Kier molecular flexibility index (Phi) is 9.40. The maximum Gasteiger partial charge on any atom is 0.373 e. The second-order valence-electron chi connectivity index (χ2n) is 4.71. The van der Waals surface area contributed by atoms with Crippen LogP contribution in [0.15, 0.2) is 24.8 Å². The molecule has 0 bridgehead atoms. The fraction of sp³-hybridized carbons (Fsp3) is 0.471. The van der Waals surface area contributed by atoms with E-state index in [1.54, 1.807) is 13.2 Å². The Labute approximate surface area is 136 Å². The van der Waals surface area contributed by atoms with E-state index in [0.29, 0.717) is 24.7 Å². The second kappa shape index (κ2) is 11.4. The standard InChI is InChI=1S/C16H22O4.CO2/c1-3-13-7-8-14(17-2)15(12-13)18-10-11-20-16-6-4-5-9-19-16;2-1-3/h3,7-8,12,16H,1,4-6,9-11H2,2H3;.